The number of carbonyl (C=O) groups is 1. The highest BCUT2D eigenvalue weighted by molar-refractivity contribution is 6.31. The van der Waals surface area contributed by atoms with E-state index in [1.807, 2.05) is 6.07 Å². The number of anilines is 2. The number of ether oxygens (including phenoxy) is 1. The third-order valence-electron chi connectivity index (χ3n) is 3.31. The quantitative estimate of drug-likeness (QED) is 0.658. The molecule has 2 aromatic rings. The highest BCUT2D eigenvalue weighted by Gasteiger charge is 2.23. The average molecular weight is 289 g/mol. The van der Waals surface area contributed by atoms with E-state index >= 15 is 0 Å². The lowest BCUT2D eigenvalue weighted by Crippen LogP contribution is -2.07. The Balaban J connectivity index is 2.11. The van der Waals surface area contributed by atoms with Crippen molar-refractivity contribution >= 4 is 28.8 Å². The van der Waals surface area contributed by atoms with Crippen LogP contribution in [0.25, 0.3) is 0 Å². The van der Waals surface area contributed by atoms with E-state index in [1.54, 1.807) is 24.3 Å². The van der Waals surface area contributed by atoms with E-state index in [9.17, 15) is 4.79 Å². The Hall–Kier alpha value is -2.20. The van der Waals surface area contributed by atoms with Gasteiger partial charge in [0, 0.05) is 28.4 Å². The van der Waals surface area contributed by atoms with E-state index in [0.717, 1.165) is 12.0 Å². The standard InChI is InChI=1S/C15H13ClN2O2/c16-9-5-8-3-4-20-15(8)12(6-9)14(19)11-2-1-10(17)7-13(11)18/h1-2,5-7H,3-4,17-18H2. The Kier molecular flexibility index (Phi) is 3.03. The molecule has 0 fully saturated rings. The molecule has 102 valence electrons. The molecule has 2 aromatic carbocycles. The number of carbonyl (C=O) groups excluding carboxylic acids is 1. The number of hydrogen-bond acceptors (Lipinski definition) is 4. The molecule has 0 atom stereocenters. The van der Waals surface area contributed by atoms with Gasteiger partial charge in [-0.05, 0) is 35.9 Å². The number of halogens is 1. The van der Waals surface area contributed by atoms with E-state index in [2.05, 4.69) is 0 Å². The molecule has 3 rings (SSSR count). The maximum Gasteiger partial charge on any atom is 0.198 e. The minimum atomic E-state index is -0.205. The number of rotatable bonds is 2. The van der Waals surface area contributed by atoms with Gasteiger partial charge in [0.15, 0.2) is 5.78 Å². The van der Waals surface area contributed by atoms with Gasteiger partial charge in [-0.3, -0.25) is 4.79 Å². The van der Waals surface area contributed by atoms with E-state index in [0.29, 0.717) is 39.9 Å². The SMILES string of the molecule is Nc1ccc(C(=O)c2cc(Cl)cc3c2OCC3)c(N)c1. The van der Waals surface area contributed by atoms with Crippen LogP contribution in [-0.4, -0.2) is 12.4 Å². The molecule has 0 bridgehead atoms. The molecule has 5 heteroatoms. The van der Waals surface area contributed by atoms with Crippen LogP contribution in [0.4, 0.5) is 11.4 Å². The summed E-state index contributed by atoms with van der Waals surface area (Å²) in [6.45, 7) is 0.563. The van der Waals surface area contributed by atoms with Crippen molar-refractivity contribution in [3.8, 4) is 5.75 Å². The van der Waals surface area contributed by atoms with Crippen LogP contribution in [0.5, 0.6) is 5.75 Å². The maximum absolute atomic E-state index is 12.6. The fraction of sp³-hybridized carbons (Fsp3) is 0.133. The number of ketones is 1. The van der Waals surface area contributed by atoms with Gasteiger partial charge in [-0.2, -0.15) is 0 Å². The van der Waals surface area contributed by atoms with Crippen LogP contribution >= 0.6 is 11.6 Å². The van der Waals surface area contributed by atoms with Crippen molar-refractivity contribution in [3.05, 3.63) is 52.0 Å². The summed E-state index contributed by atoms with van der Waals surface area (Å²) in [5, 5.41) is 0.520. The summed E-state index contributed by atoms with van der Waals surface area (Å²) in [5.74, 6) is 0.402. The Bertz CT molecular complexity index is 713. The molecule has 4 N–H and O–H groups in total. The van der Waals surface area contributed by atoms with Crippen molar-refractivity contribution in [3.63, 3.8) is 0 Å². The molecule has 0 aromatic heterocycles. The third kappa shape index (κ3) is 2.08. The predicted molar refractivity (Wildman–Crippen MR) is 79.4 cm³/mol. The first-order valence-electron chi connectivity index (χ1n) is 6.21. The lowest BCUT2D eigenvalue weighted by atomic mass is 9.98. The second-order valence-electron chi connectivity index (χ2n) is 4.72. The van der Waals surface area contributed by atoms with Crippen LogP contribution in [-0.2, 0) is 6.42 Å². The van der Waals surface area contributed by atoms with E-state index < -0.39 is 0 Å². The molecule has 20 heavy (non-hydrogen) atoms. The van der Waals surface area contributed by atoms with Gasteiger partial charge in [0.1, 0.15) is 5.75 Å². The summed E-state index contributed by atoms with van der Waals surface area (Å²) in [5.41, 5.74) is 14.2. The predicted octanol–water partition coefficient (Wildman–Crippen LogP) is 2.67. The zero-order valence-corrected chi connectivity index (χ0v) is 11.4. The second kappa shape index (κ2) is 4.72. The second-order valence-corrected chi connectivity index (χ2v) is 5.15. The summed E-state index contributed by atoms with van der Waals surface area (Å²) in [7, 11) is 0. The molecule has 1 aliphatic rings. The molecular formula is C15H13ClN2O2. The van der Waals surface area contributed by atoms with Gasteiger partial charge < -0.3 is 16.2 Å². The van der Waals surface area contributed by atoms with Gasteiger partial charge in [0.2, 0.25) is 0 Å². The van der Waals surface area contributed by atoms with Crippen molar-refractivity contribution in [2.24, 2.45) is 0 Å². The lowest BCUT2D eigenvalue weighted by Gasteiger charge is -2.10. The fourth-order valence-electron chi connectivity index (χ4n) is 2.37. The third-order valence-corrected chi connectivity index (χ3v) is 3.53. The number of benzene rings is 2. The molecule has 1 aliphatic heterocycles. The molecule has 4 nitrogen and oxygen atoms in total. The van der Waals surface area contributed by atoms with Crippen LogP contribution in [0, 0.1) is 0 Å². The zero-order chi connectivity index (χ0) is 14.3. The summed E-state index contributed by atoms with van der Waals surface area (Å²) in [6, 6.07) is 8.28. The van der Waals surface area contributed by atoms with Gasteiger partial charge in [-0.1, -0.05) is 11.6 Å². The molecule has 0 aliphatic carbocycles. The van der Waals surface area contributed by atoms with Gasteiger partial charge >= 0.3 is 0 Å². The van der Waals surface area contributed by atoms with Crippen LogP contribution in [0.15, 0.2) is 30.3 Å². The molecule has 0 saturated heterocycles. The fourth-order valence-corrected chi connectivity index (χ4v) is 2.61. The average Bonchev–Trinajstić information content (AvgIpc) is 2.85. The molecular weight excluding hydrogens is 276 g/mol. The largest absolute Gasteiger partial charge is 0.492 e. The first-order chi connectivity index (χ1) is 9.56. The zero-order valence-electron chi connectivity index (χ0n) is 10.7. The van der Waals surface area contributed by atoms with Crippen molar-refractivity contribution < 1.29 is 9.53 Å². The molecule has 0 saturated carbocycles. The summed E-state index contributed by atoms with van der Waals surface area (Å²) in [6.07, 6.45) is 0.757. The smallest absolute Gasteiger partial charge is 0.198 e. The minimum absolute atomic E-state index is 0.205. The van der Waals surface area contributed by atoms with E-state index in [4.69, 9.17) is 27.8 Å². The van der Waals surface area contributed by atoms with E-state index in [1.165, 1.54) is 0 Å². The van der Waals surface area contributed by atoms with Gasteiger partial charge in [0.05, 0.1) is 12.2 Å². The molecule has 0 spiro atoms. The van der Waals surface area contributed by atoms with Crippen molar-refractivity contribution in [1.82, 2.24) is 0 Å². The minimum Gasteiger partial charge on any atom is -0.492 e. The molecule has 0 amide bonds. The van der Waals surface area contributed by atoms with Gasteiger partial charge in [-0.15, -0.1) is 0 Å². The first-order valence-corrected chi connectivity index (χ1v) is 6.59. The Morgan fingerprint density at radius 3 is 2.70 bits per heavy atom. The Morgan fingerprint density at radius 1 is 1.15 bits per heavy atom. The summed E-state index contributed by atoms with van der Waals surface area (Å²) < 4.78 is 5.55. The topological polar surface area (TPSA) is 78.3 Å². The first kappa shape index (κ1) is 12.8. The van der Waals surface area contributed by atoms with Gasteiger partial charge in [0.25, 0.3) is 0 Å². The number of nitrogen functional groups attached to an aromatic ring is 2. The van der Waals surface area contributed by atoms with E-state index in [-0.39, 0.29) is 5.78 Å². The van der Waals surface area contributed by atoms with Crippen LogP contribution in [0.1, 0.15) is 21.5 Å². The lowest BCUT2D eigenvalue weighted by molar-refractivity contribution is 0.103. The summed E-state index contributed by atoms with van der Waals surface area (Å²) >= 11 is 6.07. The molecule has 0 unspecified atom stereocenters. The summed E-state index contributed by atoms with van der Waals surface area (Å²) in [4.78, 5) is 12.6. The monoisotopic (exact) mass is 288 g/mol. The Morgan fingerprint density at radius 2 is 1.95 bits per heavy atom. The highest BCUT2D eigenvalue weighted by atomic mass is 35.5. The number of nitrogens with two attached hydrogens (primary N) is 2. The highest BCUT2D eigenvalue weighted by Crippen LogP contribution is 2.35. The van der Waals surface area contributed by atoms with Gasteiger partial charge in [-0.25, -0.2) is 0 Å². The molecule has 0 radical (unpaired) electrons. The molecule has 1 heterocycles. The van der Waals surface area contributed by atoms with Crippen molar-refractivity contribution in [2.45, 2.75) is 6.42 Å². The van der Waals surface area contributed by atoms with Crippen LogP contribution < -0.4 is 16.2 Å². The van der Waals surface area contributed by atoms with Crippen molar-refractivity contribution in [2.75, 3.05) is 18.1 Å². The maximum atomic E-state index is 12.6. The van der Waals surface area contributed by atoms with Crippen LogP contribution in [0.3, 0.4) is 0 Å². The normalized spacial score (nSPS) is 12.8. The number of fused-ring (bicyclic) bond motifs is 1. The Labute approximate surface area is 121 Å². The van der Waals surface area contributed by atoms with Crippen LogP contribution in [0.2, 0.25) is 5.02 Å². The van der Waals surface area contributed by atoms with Crippen molar-refractivity contribution in [1.29, 1.82) is 0 Å². The number of hydrogen-bond donors (Lipinski definition) is 2.